The number of pyridine rings is 2. The number of aromatic nitrogens is 2. The number of rotatable bonds is 2. The van der Waals surface area contributed by atoms with Gasteiger partial charge in [-0.1, -0.05) is 11.6 Å². The van der Waals surface area contributed by atoms with Gasteiger partial charge in [0.25, 0.3) is 5.88 Å². The summed E-state index contributed by atoms with van der Waals surface area (Å²) in [5.41, 5.74) is 0.858. The highest BCUT2D eigenvalue weighted by molar-refractivity contribution is 6.30. The molecule has 2 aromatic rings. The van der Waals surface area contributed by atoms with E-state index in [1.54, 1.807) is 12.1 Å². The minimum absolute atomic E-state index is 0.116. The van der Waals surface area contributed by atoms with Crippen molar-refractivity contribution in [1.29, 1.82) is 0 Å². The van der Waals surface area contributed by atoms with E-state index in [-0.39, 0.29) is 10.9 Å². The SMILES string of the molecule is Cc1ccc(Oc2ncc(Cl)cc2F)cn1. The molecular weight excluding hydrogens is 231 g/mol. The molecule has 0 aliphatic rings. The maximum absolute atomic E-state index is 13.3. The first-order chi connectivity index (χ1) is 7.65. The molecule has 0 saturated heterocycles. The Labute approximate surface area is 96.9 Å². The van der Waals surface area contributed by atoms with Gasteiger partial charge in [-0.05, 0) is 25.1 Å². The number of ether oxygens (including phenoxy) is 1. The van der Waals surface area contributed by atoms with E-state index in [1.807, 2.05) is 6.92 Å². The van der Waals surface area contributed by atoms with Crippen molar-refractivity contribution in [3.8, 4) is 11.6 Å². The number of nitrogens with zero attached hydrogens (tertiary/aromatic N) is 2. The van der Waals surface area contributed by atoms with Crippen LogP contribution in [-0.4, -0.2) is 9.97 Å². The van der Waals surface area contributed by atoms with Crippen LogP contribution in [0.4, 0.5) is 4.39 Å². The standard InChI is InChI=1S/C11H8ClFN2O/c1-7-2-3-9(6-14-7)16-11-10(13)4-8(12)5-15-11/h2-6H,1H3. The summed E-state index contributed by atoms with van der Waals surface area (Å²) in [7, 11) is 0. The highest BCUT2D eigenvalue weighted by Crippen LogP contribution is 2.23. The van der Waals surface area contributed by atoms with Crippen molar-refractivity contribution >= 4 is 11.6 Å². The maximum Gasteiger partial charge on any atom is 0.256 e. The first-order valence-electron chi connectivity index (χ1n) is 4.57. The average Bonchev–Trinajstić information content (AvgIpc) is 2.25. The van der Waals surface area contributed by atoms with Crippen molar-refractivity contribution in [3.05, 3.63) is 47.1 Å². The second-order valence-corrected chi connectivity index (χ2v) is 3.61. The summed E-state index contributed by atoms with van der Waals surface area (Å²) in [5, 5.41) is 0.229. The maximum atomic E-state index is 13.3. The van der Waals surface area contributed by atoms with Crippen LogP contribution in [0.25, 0.3) is 0 Å². The molecule has 0 spiro atoms. The molecule has 0 N–H and O–H groups in total. The predicted octanol–water partition coefficient (Wildman–Crippen LogP) is 3.37. The fourth-order valence-corrected chi connectivity index (χ4v) is 1.25. The Morgan fingerprint density at radius 3 is 2.69 bits per heavy atom. The number of hydrogen-bond acceptors (Lipinski definition) is 3. The Balaban J connectivity index is 2.23. The van der Waals surface area contributed by atoms with Crippen LogP contribution in [-0.2, 0) is 0 Å². The van der Waals surface area contributed by atoms with Gasteiger partial charge in [0.1, 0.15) is 5.75 Å². The minimum Gasteiger partial charge on any atom is -0.435 e. The first kappa shape index (κ1) is 10.8. The third-order valence-corrected chi connectivity index (χ3v) is 2.08. The number of aryl methyl sites for hydroxylation is 1. The molecule has 0 amide bonds. The molecule has 0 bridgehead atoms. The van der Waals surface area contributed by atoms with Crippen molar-refractivity contribution in [2.75, 3.05) is 0 Å². The van der Waals surface area contributed by atoms with E-state index in [4.69, 9.17) is 16.3 Å². The van der Waals surface area contributed by atoms with Crippen molar-refractivity contribution in [2.45, 2.75) is 6.92 Å². The summed E-state index contributed by atoms with van der Waals surface area (Å²) >= 11 is 5.57. The van der Waals surface area contributed by atoms with Gasteiger partial charge in [-0.3, -0.25) is 4.98 Å². The quantitative estimate of drug-likeness (QED) is 0.805. The van der Waals surface area contributed by atoms with Gasteiger partial charge in [0, 0.05) is 11.9 Å². The number of halogens is 2. The van der Waals surface area contributed by atoms with Crippen LogP contribution in [0.1, 0.15) is 5.69 Å². The van der Waals surface area contributed by atoms with E-state index in [9.17, 15) is 4.39 Å². The van der Waals surface area contributed by atoms with Crippen molar-refractivity contribution in [1.82, 2.24) is 9.97 Å². The van der Waals surface area contributed by atoms with Crippen LogP contribution in [0.5, 0.6) is 11.6 Å². The lowest BCUT2D eigenvalue weighted by Crippen LogP contribution is -1.92. The summed E-state index contributed by atoms with van der Waals surface area (Å²) in [4.78, 5) is 7.76. The highest BCUT2D eigenvalue weighted by Gasteiger charge is 2.07. The fourth-order valence-electron chi connectivity index (χ4n) is 1.10. The fraction of sp³-hybridized carbons (Fsp3) is 0.0909. The van der Waals surface area contributed by atoms with Gasteiger partial charge in [0.15, 0.2) is 5.82 Å². The van der Waals surface area contributed by atoms with Gasteiger partial charge in [0.05, 0.1) is 11.2 Å². The Kier molecular flexibility index (Phi) is 3.01. The average molecular weight is 239 g/mol. The van der Waals surface area contributed by atoms with Crippen LogP contribution in [0.2, 0.25) is 5.02 Å². The molecule has 16 heavy (non-hydrogen) atoms. The first-order valence-corrected chi connectivity index (χ1v) is 4.94. The molecule has 0 fully saturated rings. The number of hydrogen-bond donors (Lipinski definition) is 0. The summed E-state index contributed by atoms with van der Waals surface area (Å²) in [6.45, 7) is 1.85. The molecule has 0 aromatic carbocycles. The topological polar surface area (TPSA) is 35.0 Å². The third kappa shape index (κ3) is 2.46. The lowest BCUT2D eigenvalue weighted by molar-refractivity contribution is 0.421. The Morgan fingerprint density at radius 1 is 1.25 bits per heavy atom. The van der Waals surface area contributed by atoms with Crippen LogP contribution >= 0.6 is 11.6 Å². The van der Waals surface area contributed by atoms with E-state index >= 15 is 0 Å². The Bertz CT molecular complexity index is 502. The van der Waals surface area contributed by atoms with Crippen LogP contribution in [0, 0.1) is 12.7 Å². The molecule has 0 saturated carbocycles. The van der Waals surface area contributed by atoms with Crippen molar-refractivity contribution < 1.29 is 9.13 Å². The molecule has 0 radical (unpaired) electrons. The lowest BCUT2D eigenvalue weighted by atomic mass is 10.4. The van der Waals surface area contributed by atoms with Gasteiger partial charge in [-0.25, -0.2) is 9.37 Å². The zero-order valence-corrected chi connectivity index (χ0v) is 9.20. The van der Waals surface area contributed by atoms with Gasteiger partial charge in [-0.15, -0.1) is 0 Å². The second-order valence-electron chi connectivity index (χ2n) is 3.18. The van der Waals surface area contributed by atoms with Gasteiger partial charge < -0.3 is 4.74 Å². The zero-order chi connectivity index (χ0) is 11.5. The predicted molar refractivity (Wildman–Crippen MR) is 58.3 cm³/mol. The molecule has 5 heteroatoms. The Morgan fingerprint density at radius 2 is 2.06 bits per heavy atom. The lowest BCUT2D eigenvalue weighted by Gasteiger charge is -2.05. The summed E-state index contributed by atoms with van der Waals surface area (Å²) in [6, 6.07) is 4.60. The third-order valence-electron chi connectivity index (χ3n) is 1.87. The molecule has 3 nitrogen and oxygen atoms in total. The molecule has 0 unspecified atom stereocenters. The summed E-state index contributed by atoms with van der Waals surface area (Å²) in [5.74, 6) is -0.289. The van der Waals surface area contributed by atoms with Crippen LogP contribution in [0.3, 0.4) is 0 Å². The van der Waals surface area contributed by atoms with E-state index in [0.29, 0.717) is 5.75 Å². The molecule has 2 rings (SSSR count). The normalized spacial score (nSPS) is 10.2. The Hall–Kier alpha value is -1.68. The summed E-state index contributed by atoms with van der Waals surface area (Å²) in [6.07, 6.45) is 2.83. The smallest absolute Gasteiger partial charge is 0.256 e. The molecular formula is C11H8ClFN2O. The molecule has 0 aliphatic carbocycles. The minimum atomic E-state index is -0.604. The largest absolute Gasteiger partial charge is 0.435 e. The van der Waals surface area contributed by atoms with Crippen LogP contribution in [0.15, 0.2) is 30.6 Å². The van der Waals surface area contributed by atoms with Crippen molar-refractivity contribution in [2.24, 2.45) is 0 Å². The van der Waals surface area contributed by atoms with Gasteiger partial charge in [-0.2, -0.15) is 0 Å². The van der Waals surface area contributed by atoms with E-state index in [1.165, 1.54) is 12.4 Å². The monoisotopic (exact) mass is 238 g/mol. The molecule has 0 aliphatic heterocycles. The summed E-state index contributed by atoms with van der Waals surface area (Å²) < 4.78 is 18.5. The zero-order valence-electron chi connectivity index (χ0n) is 8.45. The van der Waals surface area contributed by atoms with E-state index in [0.717, 1.165) is 11.8 Å². The van der Waals surface area contributed by atoms with Gasteiger partial charge in [0.2, 0.25) is 0 Å². The second kappa shape index (κ2) is 4.45. The van der Waals surface area contributed by atoms with Crippen molar-refractivity contribution in [3.63, 3.8) is 0 Å². The highest BCUT2D eigenvalue weighted by atomic mass is 35.5. The molecule has 82 valence electrons. The molecule has 2 aromatic heterocycles. The van der Waals surface area contributed by atoms with E-state index in [2.05, 4.69) is 9.97 Å². The molecule has 0 atom stereocenters. The van der Waals surface area contributed by atoms with Crippen LogP contribution < -0.4 is 4.74 Å². The van der Waals surface area contributed by atoms with E-state index < -0.39 is 5.82 Å². The van der Waals surface area contributed by atoms with Gasteiger partial charge >= 0.3 is 0 Å². The molecule has 2 heterocycles.